The maximum Gasteiger partial charge on any atom is 0.127 e. The Bertz CT molecular complexity index is 472. The Kier molecular flexibility index (Phi) is 6.66. The molecule has 0 spiro atoms. The highest BCUT2D eigenvalue weighted by atomic mass is 35.5. The van der Waals surface area contributed by atoms with Crippen LogP contribution in [0, 0.1) is 5.21 Å². The molecular formula is C10H6Cl4NO2S-. The minimum absolute atomic E-state index is 0.0532. The van der Waals surface area contributed by atoms with Gasteiger partial charge in [-0.3, -0.25) is 5.21 Å². The van der Waals surface area contributed by atoms with Gasteiger partial charge in [0.15, 0.2) is 0 Å². The lowest BCUT2D eigenvalue weighted by atomic mass is 10.4. The molecule has 0 bridgehead atoms. The first kappa shape index (κ1) is 16.0. The lowest BCUT2D eigenvalue weighted by molar-refractivity contribution is 0.000410. The van der Waals surface area contributed by atoms with Crippen LogP contribution in [0.5, 0.6) is 0 Å². The first-order valence-electron chi connectivity index (χ1n) is 4.43. The third kappa shape index (κ3) is 4.55. The molecule has 98 valence electrons. The Hall–Kier alpha value is -0.0700. The summed E-state index contributed by atoms with van der Waals surface area (Å²) in [5, 5.41) is 19.2. The molecule has 0 amide bonds. The lowest BCUT2D eigenvalue weighted by Gasteiger charge is -2.25. The van der Waals surface area contributed by atoms with Crippen LogP contribution in [0.25, 0.3) is 0 Å². The van der Waals surface area contributed by atoms with Crippen molar-refractivity contribution in [3.63, 3.8) is 0 Å². The Labute approximate surface area is 128 Å². The van der Waals surface area contributed by atoms with E-state index in [1.54, 1.807) is 24.3 Å². The molecule has 1 aromatic carbocycles. The van der Waals surface area contributed by atoms with Crippen molar-refractivity contribution in [1.29, 1.82) is 0 Å². The van der Waals surface area contributed by atoms with Gasteiger partial charge in [0.05, 0.1) is 10.7 Å². The minimum Gasteiger partial charge on any atom is -0.733 e. The Morgan fingerprint density at radius 1 is 1.11 bits per heavy atom. The molecule has 0 heterocycles. The highest BCUT2D eigenvalue weighted by Gasteiger charge is 2.14. The van der Waals surface area contributed by atoms with Gasteiger partial charge in [0.25, 0.3) is 0 Å². The van der Waals surface area contributed by atoms with Gasteiger partial charge in [0.2, 0.25) is 0 Å². The minimum atomic E-state index is -0.481. The third-order valence-electron chi connectivity index (χ3n) is 1.70. The standard InChI is InChI=1S/C10H6Cl4NO2S/c11-7(9(12)13)8(15(16)17)10(14)18-6-4-2-1-3-5-6/h1-5,16H/q-1/b10-8+. The average Bonchev–Trinajstić information content (AvgIpc) is 2.29. The van der Waals surface area contributed by atoms with Crippen LogP contribution in [-0.4, -0.2) is 10.4 Å². The van der Waals surface area contributed by atoms with Gasteiger partial charge in [-0.2, -0.15) is 0 Å². The topological polar surface area (TPSA) is 46.5 Å². The van der Waals surface area contributed by atoms with Crippen molar-refractivity contribution in [3.05, 3.63) is 55.1 Å². The van der Waals surface area contributed by atoms with Crippen molar-refractivity contribution in [2.24, 2.45) is 0 Å². The van der Waals surface area contributed by atoms with Crippen LogP contribution in [0.2, 0.25) is 0 Å². The van der Waals surface area contributed by atoms with Crippen molar-refractivity contribution in [2.75, 3.05) is 0 Å². The zero-order valence-electron chi connectivity index (χ0n) is 8.61. The number of hydrogen-bond acceptors (Lipinski definition) is 4. The van der Waals surface area contributed by atoms with E-state index in [4.69, 9.17) is 51.6 Å². The SMILES string of the molecule is [O-]N(O)/C(C(Cl)=C(Cl)Cl)=C(\Cl)Sc1ccccc1. The molecular weight excluding hydrogens is 340 g/mol. The molecule has 0 saturated carbocycles. The van der Waals surface area contributed by atoms with E-state index >= 15 is 0 Å². The van der Waals surface area contributed by atoms with Crippen LogP contribution in [-0.2, 0) is 0 Å². The van der Waals surface area contributed by atoms with Crippen LogP contribution < -0.4 is 0 Å². The molecule has 1 N–H and O–H groups in total. The fraction of sp³-hybridized carbons (Fsp3) is 0. The quantitative estimate of drug-likeness (QED) is 0.459. The van der Waals surface area contributed by atoms with Crippen LogP contribution in [0.1, 0.15) is 0 Å². The zero-order chi connectivity index (χ0) is 13.7. The third-order valence-corrected chi connectivity index (χ3v) is 3.93. The number of hydrogen-bond donors (Lipinski definition) is 1. The number of rotatable bonds is 4. The maximum atomic E-state index is 11.0. The molecule has 1 aromatic rings. The van der Waals surface area contributed by atoms with Gasteiger partial charge >= 0.3 is 0 Å². The van der Waals surface area contributed by atoms with E-state index in [0.717, 1.165) is 16.7 Å². The van der Waals surface area contributed by atoms with Crippen LogP contribution in [0.15, 0.2) is 54.8 Å². The smallest absolute Gasteiger partial charge is 0.127 e. The van der Waals surface area contributed by atoms with Gasteiger partial charge < -0.3 is 10.4 Å². The predicted octanol–water partition coefficient (Wildman–Crippen LogP) is 5.26. The van der Waals surface area contributed by atoms with Crippen molar-refractivity contribution >= 4 is 58.2 Å². The molecule has 0 saturated heterocycles. The number of allylic oxidation sites excluding steroid dienone is 1. The summed E-state index contributed by atoms with van der Waals surface area (Å²) in [5.41, 5.74) is -0.410. The van der Waals surface area contributed by atoms with Crippen LogP contribution >= 0.6 is 58.2 Å². The average molecular weight is 346 g/mol. The van der Waals surface area contributed by atoms with E-state index in [-0.39, 0.29) is 13.9 Å². The zero-order valence-corrected chi connectivity index (χ0v) is 12.4. The second-order valence-electron chi connectivity index (χ2n) is 2.88. The molecule has 8 heteroatoms. The Balaban J connectivity index is 3.10. The van der Waals surface area contributed by atoms with E-state index in [9.17, 15) is 5.21 Å². The fourth-order valence-corrected chi connectivity index (χ4v) is 2.64. The summed E-state index contributed by atoms with van der Waals surface area (Å²) in [6.07, 6.45) is 0. The normalized spacial score (nSPS) is 11.9. The summed E-state index contributed by atoms with van der Waals surface area (Å²) in [5.74, 6) is 0. The predicted molar refractivity (Wildman–Crippen MR) is 76.8 cm³/mol. The van der Waals surface area contributed by atoms with E-state index in [1.807, 2.05) is 6.07 Å². The highest BCUT2D eigenvalue weighted by molar-refractivity contribution is 8.04. The molecule has 0 radical (unpaired) electrons. The first-order valence-corrected chi connectivity index (χ1v) is 6.76. The largest absolute Gasteiger partial charge is 0.733 e. The molecule has 18 heavy (non-hydrogen) atoms. The molecule has 3 nitrogen and oxygen atoms in total. The second-order valence-corrected chi connectivity index (χ2v) is 5.90. The summed E-state index contributed by atoms with van der Waals surface area (Å²) >= 11 is 23.5. The van der Waals surface area contributed by atoms with Gasteiger partial charge in [-0.05, 0) is 12.1 Å². The molecule has 0 aliphatic rings. The number of hydroxylamine groups is 2. The fourth-order valence-electron chi connectivity index (χ4n) is 0.975. The van der Waals surface area contributed by atoms with E-state index in [0.29, 0.717) is 0 Å². The van der Waals surface area contributed by atoms with Gasteiger partial charge in [-0.1, -0.05) is 76.4 Å². The van der Waals surface area contributed by atoms with Crippen molar-refractivity contribution in [2.45, 2.75) is 4.90 Å². The maximum absolute atomic E-state index is 11.0. The Morgan fingerprint density at radius 2 is 1.67 bits per heavy atom. The van der Waals surface area contributed by atoms with E-state index < -0.39 is 10.9 Å². The van der Waals surface area contributed by atoms with Gasteiger partial charge in [-0.15, -0.1) is 0 Å². The number of benzene rings is 1. The Morgan fingerprint density at radius 3 is 2.11 bits per heavy atom. The molecule has 0 atom stereocenters. The summed E-state index contributed by atoms with van der Waals surface area (Å²) in [7, 11) is 0. The number of nitrogens with zero attached hydrogens (tertiary/aromatic N) is 1. The molecule has 0 aromatic heterocycles. The summed E-state index contributed by atoms with van der Waals surface area (Å²) in [6, 6.07) is 8.98. The van der Waals surface area contributed by atoms with Crippen LogP contribution in [0.4, 0.5) is 0 Å². The van der Waals surface area contributed by atoms with Gasteiger partial charge in [0.1, 0.15) is 8.86 Å². The highest BCUT2D eigenvalue weighted by Crippen LogP contribution is 2.38. The van der Waals surface area contributed by atoms with Crippen molar-refractivity contribution in [1.82, 2.24) is 5.23 Å². The molecule has 0 aliphatic carbocycles. The summed E-state index contributed by atoms with van der Waals surface area (Å²) in [4.78, 5) is 0.761. The number of thioether (sulfide) groups is 1. The van der Waals surface area contributed by atoms with Gasteiger partial charge in [-0.25, -0.2) is 0 Å². The van der Waals surface area contributed by atoms with Crippen molar-refractivity contribution < 1.29 is 5.21 Å². The molecule has 0 aliphatic heterocycles. The first-order chi connectivity index (χ1) is 8.43. The lowest BCUT2D eigenvalue weighted by Crippen LogP contribution is -2.11. The van der Waals surface area contributed by atoms with E-state index in [1.165, 1.54) is 0 Å². The summed E-state index contributed by atoms with van der Waals surface area (Å²) in [6.45, 7) is 0. The second kappa shape index (κ2) is 7.50. The summed E-state index contributed by atoms with van der Waals surface area (Å²) < 4.78 is -0.420. The molecule has 0 unspecified atom stereocenters. The molecule has 1 rings (SSSR count). The van der Waals surface area contributed by atoms with Crippen LogP contribution in [0.3, 0.4) is 0 Å². The number of halogens is 4. The molecule has 0 fully saturated rings. The van der Waals surface area contributed by atoms with E-state index in [2.05, 4.69) is 0 Å². The monoisotopic (exact) mass is 344 g/mol. The van der Waals surface area contributed by atoms with Gasteiger partial charge in [0, 0.05) is 4.90 Å². The van der Waals surface area contributed by atoms with Crippen molar-refractivity contribution in [3.8, 4) is 0 Å².